The number of fused-ring (bicyclic) bond motifs is 7. The molecule has 5 fully saturated rings. The van der Waals surface area contributed by atoms with Crippen LogP contribution in [-0.2, 0) is 9.59 Å². The summed E-state index contributed by atoms with van der Waals surface area (Å²) in [5.74, 6) is 5.66. The minimum absolute atomic E-state index is 0.000264. The van der Waals surface area contributed by atoms with Crippen LogP contribution < -0.4 is 0 Å². The lowest BCUT2D eigenvalue weighted by molar-refractivity contribution is -0.149. The molecule has 2 heteroatoms. The molecule has 144 valence electrons. The summed E-state index contributed by atoms with van der Waals surface area (Å²) in [6.07, 6.45) is 14.5. The molecule has 5 aliphatic rings. The average Bonchev–Trinajstić information content (AvgIpc) is 2.91. The Labute approximate surface area is 158 Å². The van der Waals surface area contributed by atoms with Gasteiger partial charge in [0.1, 0.15) is 11.6 Å². The number of hydrogen-bond acceptors (Lipinski definition) is 2. The third kappa shape index (κ3) is 2.11. The Kier molecular flexibility index (Phi) is 3.97. The van der Waals surface area contributed by atoms with E-state index in [1.165, 1.54) is 51.4 Å². The van der Waals surface area contributed by atoms with Crippen molar-refractivity contribution in [1.29, 1.82) is 0 Å². The van der Waals surface area contributed by atoms with Crippen LogP contribution in [-0.4, -0.2) is 11.6 Å². The molecular formula is C24H36O2. The zero-order valence-electron chi connectivity index (χ0n) is 16.8. The van der Waals surface area contributed by atoms with Gasteiger partial charge in [-0.05, 0) is 99.2 Å². The topological polar surface area (TPSA) is 34.1 Å². The van der Waals surface area contributed by atoms with Gasteiger partial charge in [0.15, 0.2) is 0 Å². The van der Waals surface area contributed by atoms with Crippen molar-refractivity contribution in [2.45, 2.75) is 90.9 Å². The van der Waals surface area contributed by atoms with Crippen molar-refractivity contribution in [2.75, 3.05) is 0 Å². The van der Waals surface area contributed by atoms with Crippen molar-refractivity contribution in [3.05, 3.63) is 0 Å². The molecule has 0 aliphatic heterocycles. The minimum Gasteiger partial charge on any atom is -0.300 e. The van der Waals surface area contributed by atoms with Crippen molar-refractivity contribution in [1.82, 2.24) is 0 Å². The fourth-order valence-electron chi connectivity index (χ4n) is 9.46. The van der Waals surface area contributed by atoms with Crippen molar-refractivity contribution in [3.8, 4) is 0 Å². The van der Waals surface area contributed by atoms with Crippen LogP contribution in [0.2, 0.25) is 0 Å². The molecule has 0 N–H and O–H groups in total. The molecule has 0 bridgehead atoms. The van der Waals surface area contributed by atoms with E-state index in [0.717, 1.165) is 49.4 Å². The van der Waals surface area contributed by atoms with E-state index in [9.17, 15) is 9.59 Å². The molecule has 26 heavy (non-hydrogen) atoms. The number of rotatable bonds is 1. The van der Waals surface area contributed by atoms with Crippen molar-refractivity contribution >= 4 is 11.6 Å². The summed E-state index contributed by atoms with van der Waals surface area (Å²) in [5.41, 5.74) is 0.253. The maximum Gasteiger partial charge on any atom is 0.136 e. The van der Waals surface area contributed by atoms with E-state index >= 15 is 0 Å². The first-order chi connectivity index (χ1) is 12.5. The maximum absolute atomic E-state index is 13.0. The number of hydrogen-bond donors (Lipinski definition) is 0. The molecule has 0 aromatic rings. The monoisotopic (exact) mass is 356 g/mol. The molecule has 2 nitrogen and oxygen atoms in total. The molecule has 0 radical (unpaired) electrons. The second kappa shape index (κ2) is 5.92. The molecule has 0 aromatic heterocycles. The number of ketones is 2. The van der Waals surface area contributed by atoms with Gasteiger partial charge in [-0.1, -0.05) is 19.8 Å². The molecular weight excluding hydrogens is 320 g/mol. The molecule has 5 rings (SSSR count). The van der Waals surface area contributed by atoms with Gasteiger partial charge < -0.3 is 0 Å². The lowest BCUT2D eigenvalue weighted by atomic mass is 9.45. The molecule has 0 amide bonds. The average molecular weight is 357 g/mol. The standard InChI is InChI=1S/C24H36O2/c1-15(25)24-11-4-3-5-17(24)14-22-21-8-6-16-13-18(26)7-9-19(16)20(21)10-12-23(22,24)2/h16-17,19-22H,3-14H2,1-2H3/t16-,17+,19-,20+,21+,22-,23-,24-/m0/s1. The number of Topliss-reactive ketones (excluding diaryl/α,β-unsaturated/α-hetero) is 2. The molecule has 0 saturated heterocycles. The molecule has 0 unspecified atom stereocenters. The summed E-state index contributed by atoms with van der Waals surface area (Å²) >= 11 is 0. The van der Waals surface area contributed by atoms with Crippen LogP contribution in [0.15, 0.2) is 0 Å². The zero-order valence-corrected chi connectivity index (χ0v) is 16.8. The first kappa shape index (κ1) is 17.4. The van der Waals surface area contributed by atoms with Crippen LogP contribution in [0.1, 0.15) is 90.9 Å². The lowest BCUT2D eigenvalue weighted by Crippen LogP contribution is -2.54. The predicted molar refractivity (Wildman–Crippen MR) is 103 cm³/mol. The van der Waals surface area contributed by atoms with Crippen LogP contribution in [0.25, 0.3) is 0 Å². The third-order valence-corrected chi connectivity index (χ3v) is 10.4. The highest BCUT2D eigenvalue weighted by atomic mass is 16.1. The van der Waals surface area contributed by atoms with Crippen molar-refractivity contribution in [2.24, 2.45) is 46.3 Å². The molecule has 5 aliphatic carbocycles. The fourth-order valence-corrected chi connectivity index (χ4v) is 9.46. The third-order valence-electron chi connectivity index (χ3n) is 10.4. The van der Waals surface area contributed by atoms with Gasteiger partial charge in [-0.3, -0.25) is 9.59 Å². The van der Waals surface area contributed by atoms with E-state index in [4.69, 9.17) is 0 Å². The van der Waals surface area contributed by atoms with Gasteiger partial charge in [0, 0.05) is 18.3 Å². The van der Waals surface area contributed by atoms with E-state index < -0.39 is 0 Å². The molecule has 0 heterocycles. The first-order valence-corrected chi connectivity index (χ1v) is 11.5. The quantitative estimate of drug-likeness (QED) is 0.614. The summed E-state index contributed by atoms with van der Waals surface area (Å²) in [6.45, 7) is 4.44. The van der Waals surface area contributed by atoms with E-state index in [1.54, 1.807) is 0 Å². The largest absolute Gasteiger partial charge is 0.300 e. The van der Waals surface area contributed by atoms with Gasteiger partial charge in [0.2, 0.25) is 0 Å². The summed E-state index contributed by atoms with van der Waals surface area (Å²) in [6, 6.07) is 0. The highest BCUT2D eigenvalue weighted by Gasteiger charge is 2.68. The van der Waals surface area contributed by atoms with Crippen LogP contribution in [0, 0.1) is 46.3 Å². The van der Waals surface area contributed by atoms with Gasteiger partial charge in [0.25, 0.3) is 0 Å². The zero-order chi connectivity index (χ0) is 18.1. The summed E-state index contributed by atoms with van der Waals surface area (Å²) in [5, 5.41) is 0. The Morgan fingerprint density at radius 3 is 2.62 bits per heavy atom. The van der Waals surface area contributed by atoms with Gasteiger partial charge in [-0.2, -0.15) is 0 Å². The molecule has 0 spiro atoms. The Bertz CT molecular complexity index is 624. The van der Waals surface area contributed by atoms with E-state index in [2.05, 4.69) is 6.92 Å². The Morgan fingerprint density at radius 2 is 1.81 bits per heavy atom. The molecule has 0 aromatic carbocycles. The van der Waals surface area contributed by atoms with Gasteiger partial charge in [0.05, 0.1) is 0 Å². The van der Waals surface area contributed by atoms with Crippen LogP contribution in [0.3, 0.4) is 0 Å². The highest BCUT2D eigenvalue weighted by molar-refractivity contribution is 5.84. The smallest absolute Gasteiger partial charge is 0.136 e. The van der Waals surface area contributed by atoms with E-state index in [1.807, 2.05) is 6.92 Å². The van der Waals surface area contributed by atoms with Crippen molar-refractivity contribution in [3.63, 3.8) is 0 Å². The second-order valence-electron chi connectivity index (χ2n) is 10.9. The van der Waals surface area contributed by atoms with Crippen LogP contribution >= 0.6 is 0 Å². The molecule has 5 saturated carbocycles. The van der Waals surface area contributed by atoms with E-state index in [-0.39, 0.29) is 10.8 Å². The summed E-state index contributed by atoms with van der Waals surface area (Å²) in [7, 11) is 0. The Balaban J connectivity index is 1.48. The normalized spacial score (nSPS) is 53.2. The molecule has 8 atom stereocenters. The number of carbonyl (C=O) groups excluding carboxylic acids is 2. The van der Waals surface area contributed by atoms with Crippen molar-refractivity contribution < 1.29 is 9.59 Å². The van der Waals surface area contributed by atoms with Crippen LogP contribution in [0.5, 0.6) is 0 Å². The summed E-state index contributed by atoms with van der Waals surface area (Å²) < 4.78 is 0. The minimum atomic E-state index is 0.000264. The highest BCUT2D eigenvalue weighted by Crippen LogP contribution is 2.72. The number of carbonyl (C=O) groups is 2. The first-order valence-electron chi connectivity index (χ1n) is 11.5. The summed E-state index contributed by atoms with van der Waals surface area (Å²) in [4.78, 5) is 25.0. The predicted octanol–water partition coefficient (Wildman–Crippen LogP) is 5.58. The second-order valence-corrected chi connectivity index (χ2v) is 10.9. The van der Waals surface area contributed by atoms with Gasteiger partial charge in [-0.15, -0.1) is 0 Å². The lowest BCUT2D eigenvalue weighted by Gasteiger charge is -2.58. The van der Waals surface area contributed by atoms with E-state index in [0.29, 0.717) is 23.4 Å². The van der Waals surface area contributed by atoms with Gasteiger partial charge in [-0.25, -0.2) is 0 Å². The van der Waals surface area contributed by atoms with Crippen LogP contribution in [0.4, 0.5) is 0 Å². The SMILES string of the molecule is CC(=O)[C@@]12CCCC[C@@H]1C[C@H]1[C@@H]3CC[C@H]4CC(=O)CC[C@@H]4[C@H]3CC[C@@]12C. The fraction of sp³-hybridized carbons (Fsp3) is 0.917. The Morgan fingerprint density at radius 1 is 0.962 bits per heavy atom. The maximum atomic E-state index is 13.0. The van der Waals surface area contributed by atoms with Gasteiger partial charge >= 0.3 is 0 Å². The Hall–Kier alpha value is -0.660.